The van der Waals surface area contributed by atoms with E-state index in [2.05, 4.69) is 4.72 Å². The number of hydrogen-bond donors (Lipinski definition) is 2. The highest BCUT2D eigenvalue weighted by atomic mass is 35.5. The predicted octanol–water partition coefficient (Wildman–Crippen LogP) is 1.48. The fourth-order valence-electron chi connectivity index (χ4n) is 0.938. The summed E-state index contributed by atoms with van der Waals surface area (Å²) in [5, 5.41) is 0.00806. The topological polar surface area (TPSA) is 72.2 Å². The van der Waals surface area contributed by atoms with Crippen LogP contribution in [0.5, 0.6) is 0 Å². The summed E-state index contributed by atoms with van der Waals surface area (Å²) in [4.78, 5) is -0.155. The Kier molecular flexibility index (Phi) is 3.26. The first-order chi connectivity index (χ1) is 6.38. The van der Waals surface area contributed by atoms with E-state index < -0.39 is 10.0 Å². The zero-order chi connectivity index (χ0) is 10.9. The zero-order valence-electron chi connectivity index (χ0n) is 7.21. The Labute approximate surface area is 92.1 Å². The fraction of sp³-hybridized carbons (Fsp3) is 0.143. The van der Waals surface area contributed by atoms with Gasteiger partial charge in [-0.2, -0.15) is 0 Å². The van der Waals surface area contributed by atoms with E-state index in [0.717, 1.165) is 0 Å². The third kappa shape index (κ3) is 2.12. The molecule has 0 radical (unpaired) electrons. The van der Waals surface area contributed by atoms with Crippen molar-refractivity contribution in [2.24, 2.45) is 0 Å². The lowest BCUT2D eigenvalue weighted by molar-refractivity contribution is 0.588. The first kappa shape index (κ1) is 11.6. The van der Waals surface area contributed by atoms with Crippen LogP contribution in [0.1, 0.15) is 0 Å². The summed E-state index contributed by atoms with van der Waals surface area (Å²) < 4.78 is 25.0. The molecule has 0 spiro atoms. The highest BCUT2D eigenvalue weighted by molar-refractivity contribution is 7.89. The molecule has 3 N–H and O–H groups in total. The van der Waals surface area contributed by atoms with Crippen LogP contribution in [0.4, 0.5) is 5.69 Å². The highest BCUT2D eigenvalue weighted by Gasteiger charge is 2.20. The predicted molar refractivity (Wildman–Crippen MR) is 57.1 cm³/mol. The van der Waals surface area contributed by atoms with Crippen LogP contribution < -0.4 is 10.5 Å². The zero-order valence-corrected chi connectivity index (χ0v) is 9.54. The van der Waals surface area contributed by atoms with Crippen LogP contribution in [0.2, 0.25) is 10.0 Å². The van der Waals surface area contributed by atoms with Crippen molar-refractivity contribution in [3.8, 4) is 0 Å². The van der Waals surface area contributed by atoms with Gasteiger partial charge in [-0.1, -0.05) is 23.2 Å². The van der Waals surface area contributed by atoms with E-state index in [-0.39, 0.29) is 14.9 Å². The van der Waals surface area contributed by atoms with E-state index in [0.29, 0.717) is 5.69 Å². The van der Waals surface area contributed by atoms with Crippen molar-refractivity contribution in [2.75, 3.05) is 12.8 Å². The van der Waals surface area contributed by atoms with Crippen molar-refractivity contribution in [2.45, 2.75) is 4.90 Å². The Bertz CT molecular complexity index is 436. The molecule has 1 aromatic rings. The largest absolute Gasteiger partial charge is 0.399 e. The second kappa shape index (κ2) is 3.94. The van der Waals surface area contributed by atoms with Crippen LogP contribution in [0.25, 0.3) is 0 Å². The monoisotopic (exact) mass is 254 g/mol. The Hall–Kier alpha value is -0.490. The molecule has 0 aliphatic carbocycles. The van der Waals surface area contributed by atoms with Crippen molar-refractivity contribution in [1.29, 1.82) is 0 Å². The minimum atomic E-state index is -3.65. The van der Waals surface area contributed by atoms with Gasteiger partial charge in [0.1, 0.15) is 4.90 Å². The number of anilines is 1. The molecule has 0 saturated heterocycles. The van der Waals surface area contributed by atoms with E-state index in [9.17, 15) is 8.42 Å². The van der Waals surface area contributed by atoms with Gasteiger partial charge >= 0.3 is 0 Å². The van der Waals surface area contributed by atoms with Gasteiger partial charge in [0.25, 0.3) is 0 Å². The lowest BCUT2D eigenvalue weighted by Gasteiger charge is -2.07. The van der Waals surface area contributed by atoms with Crippen molar-refractivity contribution >= 4 is 38.9 Å². The summed E-state index contributed by atoms with van der Waals surface area (Å²) in [6, 6.07) is 2.66. The van der Waals surface area contributed by atoms with Gasteiger partial charge in [-0.3, -0.25) is 0 Å². The second-order valence-electron chi connectivity index (χ2n) is 2.52. The van der Waals surface area contributed by atoms with E-state index in [1.54, 1.807) is 0 Å². The van der Waals surface area contributed by atoms with Gasteiger partial charge in [-0.05, 0) is 19.2 Å². The van der Waals surface area contributed by atoms with Gasteiger partial charge in [0.05, 0.1) is 10.0 Å². The molecule has 0 heterocycles. The summed E-state index contributed by atoms with van der Waals surface area (Å²) in [5.41, 5.74) is 5.74. The third-order valence-corrected chi connectivity index (χ3v) is 3.89. The van der Waals surface area contributed by atoms with E-state index >= 15 is 0 Å². The molecule has 0 bridgehead atoms. The van der Waals surface area contributed by atoms with Crippen molar-refractivity contribution in [3.63, 3.8) is 0 Å². The summed E-state index contributed by atoms with van der Waals surface area (Å²) in [5.74, 6) is 0. The quantitative estimate of drug-likeness (QED) is 0.786. The second-order valence-corrected chi connectivity index (χ2v) is 5.16. The van der Waals surface area contributed by atoms with E-state index in [1.165, 1.54) is 19.2 Å². The number of benzene rings is 1. The number of rotatable bonds is 2. The summed E-state index contributed by atoms with van der Waals surface area (Å²) in [7, 11) is -2.37. The van der Waals surface area contributed by atoms with Crippen LogP contribution in [0.3, 0.4) is 0 Å². The van der Waals surface area contributed by atoms with Gasteiger partial charge in [-0.15, -0.1) is 0 Å². The number of halogens is 2. The molecule has 4 nitrogen and oxygen atoms in total. The standard InChI is InChI=1S/C7H8Cl2N2O2S/c1-11-14(12,13)7-5(8)2-4(10)3-6(7)9/h2-3,11H,10H2,1H3. The number of sulfonamides is 1. The van der Waals surface area contributed by atoms with E-state index in [1.807, 2.05) is 0 Å². The molecule has 78 valence electrons. The number of nitrogens with two attached hydrogens (primary N) is 1. The molecule has 14 heavy (non-hydrogen) atoms. The summed E-state index contributed by atoms with van der Waals surface area (Å²) in [6.07, 6.45) is 0. The molecule has 7 heteroatoms. The van der Waals surface area contributed by atoms with Gasteiger partial charge in [0.15, 0.2) is 0 Å². The Morgan fingerprint density at radius 1 is 1.29 bits per heavy atom. The van der Waals surface area contributed by atoms with Crippen molar-refractivity contribution in [1.82, 2.24) is 4.72 Å². The maximum atomic E-state index is 11.4. The average molecular weight is 255 g/mol. The molecule has 0 aliphatic rings. The molecular weight excluding hydrogens is 247 g/mol. The molecule has 0 amide bonds. The Balaban J connectivity index is 3.51. The number of hydrogen-bond acceptors (Lipinski definition) is 3. The molecular formula is C7H8Cl2N2O2S. The van der Waals surface area contributed by atoms with Crippen LogP contribution in [-0.4, -0.2) is 15.5 Å². The lowest BCUT2D eigenvalue weighted by atomic mass is 10.3. The van der Waals surface area contributed by atoms with Gasteiger partial charge in [0, 0.05) is 5.69 Å². The molecule has 1 aromatic carbocycles. The molecule has 0 aliphatic heterocycles. The molecule has 0 saturated carbocycles. The molecule has 1 rings (SSSR count). The number of nitrogen functional groups attached to an aromatic ring is 1. The van der Waals surface area contributed by atoms with Crippen LogP contribution in [-0.2, 0) is 10.0 Å². The Morgan fingerprint density at radius 3 is 2.07 bits per heavy atom. The molecule has 0 unspecified atom stereocenters. The summed E-state index contributed by atoms with van der Waals surface area (Å²) in [6.45, 7) is 0. The third-order valence-electron chi connectivity index (χ3n) is 1.56. The van der Waals surface area contributed by atoms with E-state index in [4.69, 9.17) is 28.9 Å². The highest BCUT2D eigenvalue weighted by Crippen LogP contribution is 2.31. The van der Waals surface area contributed by atoms with Crippen LogP contribution >= 0.6 is 23.2 Å². The molecule has 0 fully saturated rings. The SMILES string of the molecule is CNS(=O)(=O)c1c(Cl)cc(N)cc1Cl. The average Bonchev–Trinajstić information content (AvgIpc) is 2.01. The molecule has 0 aromatic heterocycles. The lowest BCUT2D eigenvalue weighted by Crippen LogP contribution is -2.19. The number of nitrogens with one attached hydrogen (secondary N) is 1. The van der Waals surface area contributed by atoms with Crippen molar-refractivity contribution < 1.29 is 8.42 Å². The maximum Gasteiger partial charge on any atom is 0.243 e. The Morgan fingerprint density at radius 2 is 1.71 bits per heavy atom. The first-order valence-electron chi connectivity index (χ1n) is 3.56. The van der Waals surface area contributed by atoms with Crippen molar-refractivity contribution in [3.05, 3.63) is 22.2 Å². The summed E-state index contributed by atoms with van der Waals surface area (Å²) >= 11 is 11.4. The minimum absolute atomic E-state index is 0.00403. The van der Waals surface area contributed by atoms with Crippen LogP contribution in [0.15, 0.2) is 17.0 Å². The molecule has 0 atom stereocenters. The maximum absolute atomic E-state index is 11.4. The van der Waals surface area contributed by atoms with Gasteiger partial charge in [0.2, 0.25) is 10.0 Å². The first-order valence-corrected chi connectivity index (χ1v) is 5.80. The van der Waals surface area contributed by atoms with Crippen LogP contribution in [0, 0.1) is 0 Å². The van der Waals surface area contributed by atoms with Gasteiger partial charge in [-0.25, -0.2) is 13.1 Å². The van der Waals surface area contributed by atoms with Gasteiger partial charge < -0.3 is 5.73 Å². The smallest absolute Gasteiger partial charge is 0.243 e. The normalized spacial score (nSPS) is 11.6. The fourth-order valence-corrected chi connectivity index (χ4v) is 2.89. The minimum Gasteiger partial charge on any atom is -0.399 e.